The third-order valence-corrected chi connectivity index (χ3v) is 4.28. The van der Waals surface area contributed by atoms with Crippen LogP contribution in [0.4, 0.5) is 5.82 Å². The Balaban J connectivity index is 2.35. The van der Waals surface area contributed by atoms with Crippen LogP contribution in [0.5, 0.6) is 0 Å². The summed E-state index contributed by atoms with van der Waals surface area (Å²) in [6, 6.07) is 9.20. The number of nitrogens with two attached hydrogens (primary N) is 1. The van der Waals surface area contributed by atoms with Crippen molar-refractivity contribution >= 4 is 50.6 Å². The van der Waals surface area contributed by atoms with E-state index in [1.54, 1.807) is 10.5 Å². The lowest BCUT2D eigenvalue weighted by Gasteiger charge is -2.03. The van der Waals surface area contributed by atoms with Gasteiger partial charge in [-0.15, -0.1) is 0 Å². The van der Waals surface area contributed by atoms with E-state index in [0.29, 0.717) is 21.6 Å². The van der Waals surface area contributed by atoms with E-state index in [4.69, 9.17) is 28.9 Å². The van der Waals surface area contributed by atoms with Crippen molar-refractivity contribution in [3.8, 4) is 11.3 Å². The summed E-state index contributed by atoms with van der Waals surface area (Å²) in [6.07, 6.45) is 1.85. The molecule has 0 radical (unpaired) electrons. The maximum Gasteiger partial charge on any atom is 0.153 e. The molecule has 2 aromatic heterocycles. The molecule has 2 N–H and O–H groups in total. The average Bonchev–Trinajstić information content (AvgIpc) is 2.72. The van der Waals surface area contributed by atoms with Crippen molar-refractivity contribution in [3.63, 3.8) is 0 Å². The number of anilines is 1. The van der Waals surface area contributed by atoms with Gasteiger partial charge in [0.05, 0.1) is 14.5 Å². The van der Waals surface area contributed by atoms with E-state index in [0.717, 1.165) is 15.7 Å². The Morgan fingerprint density at radius 2 is 1.95 bits per heavy atom. The molecule has 2 heterocycles. The van der Waals surface area contributed by atoms with Gasteiger partial charge in [0, 0.05) is 11.8 Å². The van der Waals surface area contributed by atoms with Gasteiger partial charge in [0.2, 0.25) is 0 Å². The highest BCUT2D eigenvalue weighted by Crippen LogP contribution is 2.36. The van der Waals surface area contributed by atoms with Crippen molar-refractivity contribution in [1.82, 2.24) is 9.38 Å². The summed E-state index contributed by atoms with van der Waals surface area (Å²) < 4.78 is 2.67. The van der Waals surface area contributed by atoms with Crippen LogP contribution >= 0.6 is 39.1 Å². The molecule has 0 atom stereocenters. The van der Waals surface area contributed by atoms with E-state index in [9.17, 15) is 0 Å². The summed E-state index contributed by atoms with van der Waals surface area (Å²) in [5.41, 5.74) is 8.23. The SMILES string of the molecule is Nc1c(-c2cccc(Cl)c2Cl)nc2c(Br)cccn12. The summed E-state index contributed by atoms with van der Waals surface area (Å²) in [5.74, 6) is 0.528. The molecule has 96 valence electrons. The van der Waals surface area contributed by atoms with E-state index < -0.39 is 0 Å². The summed E-state index contributed by atoms with van der Waals surface area (Å²) in [7, 11) is 0. The molecule has 0 bridgehead atoms. The van der Waals surface area contributed by atoms with Gasteiger partial charge in [0.15, 0.2) is 5.65 Å². The van der Waals surface area contributed by atoms with Gasteiger partial charge < -0.3 is 5.73 Å². The van der Waals surface area contributed by atoms with E-state index in [1.807, 2.05) is 30.5 Å². The quantitative estimate of drug-likeness (QED) is 0.689. The fraction of sp³-hybridized carbons (Fsp3) is 0. The number of imidazole rings is 1. The summed E-state index contributed by atoms with van der Waals surface area (Å²) >= 11 is 15.7. The number of nitrogens with zero attached hydrogens (tertiary/aromatic N) is 2. The zero-order chi connectivity index (χ0) is 13.6. The molecule has 1 aromatic carbocycles. The summed E-state index contributed by atoms with van der Waals surface area (Å²) in [4.78, 5) is 4.53. The normalized spacial score (nSPS) is 11.1. The lowest BCUT2D eigenvalue weighted by molar-refractivity contribution is 1.19. The molecule has 0 unspecified atom stereocenters. The molecule has 3 rings (SSSR count). The zero-order valence-electron chi connectivity index (χ0n) is 9.57. The second-order valence-electron chi connectivity index (χ2n) is 4.00. The number of aromatic nitrogens is 2. The lowest BCUT2D eigenvalue weighted by atomic mass is 10.1. The average molecular weight is 357 g/mol. The first kappa shape index (κ1) is 12.8. The van der Waals surface area contributed by atoms with Crippen LogP contribution in [0.25, 0.3) is 16.9 Å². The highest BCUT2D eigenvalue weighted by atomic mass is 79.9. The highest BCUT2D eigenvalue weighted by molar-refractivity contribution is 9.10. The first-order valence-electron chi connectivity index (χ1n) is 5.46. The highest BCUT2D eigenvalue weighted by Gasteiger charge is 2.16. The van der Waals surface area contributed by atoms with E-state index >= 15 is 0 Å². The lowest BCUT2D eigenvalue weighted by Crippen LogP contribution is -1.94. The molecule has 3 nitrogen and oxygen atoms in total. The largest absolute Gasteiger partial charge is 0.383 e. The van der Waals surface area contributed by atoms with Gasteiger partial charge >= 0.3 is 0 Å². The molecule has 0 aliphatic carbocycles. The number of nitrogen functional groups attached to an aromatic ring is 1. The maximum absolute atomic E-state index is 6.22. The van der Waals surface area contributed by atoms with Gasteiger partial charge in [-0.2, -0.15) is 0 Å². The predicted molar refractivity (Wildman–Crippen MR) is 82.8 cm³/mol. The summed E-state index contributed by atoms with van der Waals surface area (Å²) in [6.45, 7) is 0. The first-order chi connectivity index (χ1) is 9.09. The minimum absolute atomic E-state index is 0.454. The number of halogens is 3. The van der Waals surface area contributed by atoms with Crippen LogP contribution in [0.2, 0.25) is 10.0 Å². The first-order valence-corrected chi connectivity index (χ1v) is 7.01. The standard InChI is InChI=1S/C13H8BrCl2N3/c14-8-4-2-6-19-12(17)11(18-13(8)19)7-3-1-5-9(15)10(7)16/h1-6H,17H2. The second kappa shape index (κ2) is 4.71. The fourth-order valence-corrected chi connectivity index (χ4v) is 2.76. The Bertz CT molecular complexity index is 783. The molecule has 0 spiro atoms. The Morgan fingerprint density at radius 3 is 2.68 bits per heavy atom. The van der Waals surface area contributed by atoms with Crippen molar-refractivity contribution < 1.29 is 0 Å². The van der Waals surface area contributed by atoms with Crippen LogP contribution in [-0.2, 0) is 0 Å². The smallest absolute Gasteiger partial charge is 0.153 e. The molecule has 0 aliphatic heterocycles. The van der Waals surface area contributed by atoms with E-state index in [2.05, 4.69) is 20.9 Å². The molecule has 6 heteroatoms. The molecule has 0 fully saturated rings. The molecular weight excluding hydrogens is 349 g/mol. The van der Waals surface area contributed by atoms with Crippen molar-refractivity contribution in [1.29, 1.82) is 0 Å². The predicted octanol–water partition coefficient (Wildman–Crippen LogP) is 4.65. The van der Waals surface area contributed by atoms with Crippen molar-refractivity contribution in [2.45, 2.75) is 0 Å². The molecule has 19 heavy (non-hydrogen) atoms. The van der Waals surface area contributed by atoms with Crippen LogP contribution in [0.1, 0.15) is 0 Å². The monoisotopic (exact) mass is 355 g/mol. The zero-order valence-corrected chi connectivity index (χ0v) is 12.7. The third kappa shape index (κ3) is 2.00. The minimum atomic E-state index is 0.454. The number of benzene rings is 1. The third-order valence-electron chi connectivity index (χ3n) is 2.85. The van der Waals surface area contributed by atoms with Gasteiger partial charge in [-0.3, -0.25) is 4.40 Å². The minimum Gasteiger partial charge on any atom is -0.383 e. The van der Waals surface area contributed by atoms with Crippen LogP contribution in [-0.4, -0.2) is 9.38 Å². The molecule has 0 aliphatic rings. The number of pyridine rings is 1. The molecule has 0 saturated carbocycles. The maximum atomic E-state index is 6.22. The van der Waals surface area contributed by atoms with Crippen molar-refractivity contribution in [2.75, 3.05) is 5.73 Å². The van der Waals surface area contributed by atoms with Gasteiger partial charge in [0.1, 0.15) is 11.5 Å². The van der Waals surface area contributed by atoms with E-state index in [-0.39, 0.29) is 0 Å². The Kier molecular flexibility index (Phi) is 3.17. The van der Waals surface area contributed by atoms with Crippen LogP contribution in [0, 0.1) is 0 Å². The fourth-order valence-electron chi connectivity index (χ4n) is 1.94. The van der Waals surface area contributed by atoms with Crippen LogP contribution < -0.4 is 5.73 Å². The van der Waals surface area contributed by atoms with Gasteiger partial charge in [0.25, 0.3) is 0 Å². The van der Waals surface area contributed by atoms with Gasteiger partial charge in [-0.25, -0.2) is 4.98 Å². The molecule has 0 amide bonds. The Hall–Kier alpha value is -1.23. The summed E-state index contributed by atoms with van der Waals surface area (Å²) in [5, 5.41) is 0.935. The van der Waals surface area contributed by atoms with Crippen LogP contribution in [0.15, 0.2) is 41.0 Å². The molecular formula is C13H8BrCl2N3. The molecule has 3 aromatic rings. The Labute approximate surface area is 128 Å². The number of hydrogen-bond acceptors (Lipinski definition) is 2. The number of fused-ring (bicyclic) bond motifs is 1. The Morgan fingerprint density at radius 1 is 1.16 bits per heavy atom. The molecule has 0 saturated heterocycles. The van der Waals surface area contributed by atoms with Crippen LogP contribution in [0.3, 0.4) is 0 Å². The van der Waals surface area contributed by atoms with Crippen molar-refractivity contribution in [3.05, 3.63) is 51.0 Å². The van der Waals surface area contributed by atoms with E-state index in [1.165, 1.54) is 0 Å². The van der Waals surface area contributed by atoms with Gasteiger partial charge in [-0.1, -0.05) is 35.3 Å². The number of rotatable bonds is 1. The number of hydrogen-bond donors (Lipinski definition) is 1. The topological polar surface area (TPSA) is 43.3 Å². The van der Waals surface area contributed by atoms with Crippen molar-refractivity contribution in [2.24, 2.45) is 0 Å². The van der Waals surface area contributed by atoms with Gasteiger partial charge in [-0.05, 0) is 34.1 Å². The second-order valence-corrected chi connectivity index (χ2v) is 5.64.